The monoisotopic (exact) mass is 239 g/mol. The third kappa shape index (κ3) is 3.44. The number of hydrogen-bond donors (Lipinski definition) is 3. The summed E-state index contributed by atoms with van der Waals surface area (Å²) in [5.74, 6) is -1.59. The summed E-state index contributed by atoms with van der Waals surface area (Å²) in [5, 5.41) is 19.1. The van der Waals surface area contributed by atoms with E-state index in [4.69, 9.17) is 15.6 Å². The molecule has 94 valence electrons. The fraction of sp³-hybridized carbons (Fsp3) is 0.417. The molecule has 0 radical (unpaired) electrons. The lowest BCUT2D eigenvalue weighted by atomic mass is 9.96. The fourth-order valence-electron chi connectivity index (χ4n) is 1.48. The minimum absolute atomic E-state index is 0.212. The molecule has 0 unspecified atom stereocenters. The standard InChI is InChI=1S/C12H17NO4/c1-2-17-12(16)10(7-14)11(15)8-3-5-9(13)6-4-8/h3-6,10-11,14-15H,2,7,13H2,1H3/t10-,11-/m1/s1. The topological polar surface area (TPSA) is 92.8 Å². The van der Waals surface area contributed by atoms with Crippen molar-refractivity contribution in [2.24, 2.45) is 5.92 Å². The summed E-state index contributed by atoms with van der Waals surface area (Å²) < 4.78 is 4.78. The molecule has 0 saturated carbocycles. The number of aliphatic hydroxyl groups is 2. The van der Waals surface area contributed by atoms with Crippen LogP contribution in [-0.4, -0.2) is 29.4 Å². The third-order valence-electron chi connectivity index (χ3n) is 2.45. The Morgan fingerprint density at radius 1 is 1.41 bits per heavy atom. The first-order valence-corrected chi connectivity index (χ1v) is 5.41. The van der Waals surface area contributed by atoms with Crippen LogP contribution in [0.15, 0.2) is 24.3 Å². The van der Waals surface area contributed by atoms with Crippen LogP contribution in [0.2, 0.25) is 0 Å². The van der Waals surface area contributed by atoms with Crippen LogP contribution in [0, 0.1) is 5.92 Å². The molecule has 2 atom stereocenters. The van der Waals surface area contributed by atoms with E-state index in [9.17, 15) is 9.90 Å². The van der Waals surface area contributed by atoms with Gasteiger partial charge in [-0.25, -0.2) is 0 Å². The molecule has 0 fully saturated rings. The summed E-state index contributed by atoms with van der Waals surface area (Å²) >= 11 is 0. The van der Waals surface area contributed by atoms with E-state index < -0.39 is 24.6 Å². The van der Waals surface area contributed by atoms with Gasteiger partial charge in [0.2, 0.25) is 0 Å². The molecular weight excluding hydrogens is 222 g/mol. The number of hydrogen-bond acceptors (Lipinski definition) is 5. The Balaban J connectivity index is 2.81. The lowest BCUT2D eigenvalue weighted by Gasteiger charge is -2.19. The Bertz CT molecular complexity index is 363. The van der Waals surface area contributed by atoms with E-state index >= 15 is 0 Å². The maximum absolute atomic E-state index is 11.5. The highest BCUT2D eigenvalue weighted by Crippen LogP contribution is 2.23. The van der Waals surface area contributed by atoms with Gasteiger partial charge in [0.15, 0.2) is 0 Å². The van der Waals surface area contributed by atoms with E-state index in [1.807, 2.05) is 0 Å². The number of esters is 1. The normalized spacial score (nSPS) is 14.1. The third-order valence-corrected chi connectivity index (χ3v) is 2.45. The van der Waals surface area contributed by atoms with Gasteiger partial charge >= 0.3 is 5.97 Å². The molecule has 5 nitrogen and oxygen atoms in total. The summed E-state index contributed by atoms with van der Waals surface area (Å²) in [4.78, 5) is 11.5. The van der Waals surface area contributed by atoms with Gasteiger partial charge < -0.3 is 20.7 Å². The maximum Gasteiger partial charge on any atom is 0.314 e. The molecule has 17 heavy (non-hydrogen) atoms. The van der Waals surface area contributed by atoms with Gasteiger partial charge in [0, 0.05) is 5.69 Å². The Morgan fingerprint density at radius 2 is 2.00 bits per heavy atom. The molecule has 0 saturated heterocycles. The van der Waals surface area contributed by atoms with E-state index in [-0.39, 0.29) is 6.61 Å². The molecule has 1 aromatic rings. The number of carbonyl (C=O) groups is 1. The second-order valence-corrected chi connectivity index (χ2v) is 3.65. The molecule has 1 rings (SSSR count). The van der Waals surface area contributed by atoms with Gasteiger partial charge in [0.25, 0.3) is 0 Å². The predicted molar refractivity (Wildman–Crippen MR) is 63.0 cm³/mol. The first-order chi connectivity index (χ1) is 8.10. The van der Waals surface area contributed by atoms with Gasteiger partial charge in [-0.2, -0.15) is 0 Å². The van der Waals surface area contributed by atoms with Crippen LogP contribution >= 0.6 is 0 Å². The van der Waals surface area contributed by atoms with Gasteiger partial charge in [0.05, 0.1) is 19.3 Å². The number of nitrogen functional groups attached to an aromatic ring is 1. The number of benzene rings is 1. The van der Waals surface area contributed by atoms with Crippen LogP contribution in [0.4, 0.5) is 5.69 Å². The highest BCUT2D eigenvalue weighted by Gasteiger charge is 2.28. The van der Waals surface area contributed by atoms with Gasteiger partial charge in [-0.15, -0.1) is 0 Å². The Kier molecular flexibility index (Phi) is 4.93. The highest BCUT2D eigenvalue weighted by molar-refractivity contribution is 5.73. The molecule has 0 aliphatic heterocycles. The van der Waals surface area contributed by atoms with E-state index in [0.29, 0.717) is 11.3 Å². The van der Waals surface area contributed by atoms with Gasteiger partial charge in [-0.3, -0.25) is 4.79 Å². The summed E-state index contributed by atoms with van der Waals surface area (Å²) in [6, 6.07) is 6.47. The van der Waals surface area contributed by atoms with Crippen LogP contribution in [0.25, 0.3) is 0 Å². The van der Waals surface area contributed by atoms with Crippen molar-refractivity contribution in [3.05, 3.63) is 29.8 Å². The van der Waals surface area contributed by atoms with Crippen molar-refractivity contribution in [3.8, 4) is 0 Å². The van der Waals surface area contributed by atoms with Crippen molar-refractivity contribution in [3.63, 3.8) is 0 Å². The second-order valence-electron chi connectivity index (χ2n) is 3.65. The predicted octanol–water partition coefficient (Wildman–Crippen LogP) is 0.474. The largest absolute Gasteiger partial charge is 0.466 e. The van der Waals surface area contributed by atoms with Gasteiger partial charge in [0.1, 0.15) is 5.92 Å². The number of rotatable bonds is 5. The molecule has 0 aliphatic rings. The van der Waals surface area contributed by atoms with E-state index in [1.165, 1.54) is 0 Å². The van der Waals surface area contributed by atoms with Crippen molar-refractivity contribution in [1.29, 1.82) is 0 Å². The molecule has 0 aliphatic carbocycles. The Labute approximate surface area is 99.8 Å². The molecule has 5 heteroatoms. The van der Waals surface area contributed by atoms with E-state index in [1.54, 1.807) is 31.2 Å². The maximum atomic E-state index is 11.5. The number of ether oxygens (including phenoxy) is 1. The van der Waals surface area contributed by atoms with Crippen LogP contribution < -0.4 is 5.73 Å². The fourth-order valence-corrected chi connectivity index (χ4v) is 1.48. The average Bonchev–Trinajstić information content (AvgIpc) is 2.31. The quantitative estimate of drug-likeness (QED) is 0.513. The molecule has 0 amide bonds. The number of carbonyl (C=O) groups excluding carboxylic acids is 1. The van der Waals surface area contributed by atoms with Crippen LogP contribution in [-0.2, 0) is 9.53 Å². The Morgan fingerprint density at radius 3 is 2.47 bits per heavy atom. The zero-order valence-corrected chi connectivity index (χ0v) is 9.67. The summed E-state index contributed by atoms with van der Waals surface area (Å²) in [6.45, 7) is 1.41. The van der Waals surface area contributed by atoms with Crippen molar-refractivity contribution >= 4 is 11.7 Å². The zero-order valence-electron chi connectivity index (χ0n) is 9.67. The minimum atomic E-state index is -1.10. The smallest absolute Gasteiger partial charge is 0.314 e. The molecule has 0 heterocycles. The summed E-state index contributed by atoms with van der Waals surface area (Å²) in [5.41, 5.74) is 6.61. The first-order valence-electron chi connectivity index (χ1n) is 5.41. The first kappa shape index (κ1) is 13.5. The number of aliphatic hydroxyl groups excluding tert-OH is 2. The molecule has 0 spiro atoms. The van der Waals surface area contributed by atoms with E-state index in [2.05, 4.69) is 0 Å². The SMILES string of the molecule is CCOC(=O)[C@H](CO)[C@H](O)c1ccc(N)cc1. The van der Waals surface area contributed by atoms with Gasteiger partial charge in [-0.1, -0.05) is 12.1 Å². The van der Waals surface area contributed by atoms with Crippen molar-refractivity contribution in [2.75, 3.05) is 18.9 Å². The van der Waals surface area contributed by atoms with Crippen LogP contribution in [0.3, 0.4) is 0 Å². The highest BCUT2D eigenvalue weighted by atomic mass is 16.5. The summed E-state index contributed by atoms with van der Waals surface area (Å²) in [7, 11) is 0. The average molecular weight is 239 g/mol. The molecule has 0 aromatic heterocycles. The molecule has 4 N–H and O–H groups in total. The van der Waals surface area contributed by atoms with E-state index in [0.717, 1.165) is 0 Å². The Hall–Kier alpha value is -1.59. The molecular formula is C12H17NO4. The van der Waals surface area contributed by atoms with Crippen LogP contribution in [0.5, 0.6) is 0 Å². The lowest BCUT2D eigenvalue weighted by Crippen LogP contribution is -2.27. The lowest BCUT2D eigenvalue weighted by molar-refractivity contribution is -0.154. The summed E-state index contributed by atoms with van der Waals surface area (Å²) in [6.07, 6.45) is -1.10. The second kappa shape index (κ2) is 6.22. The minimum Gasteiger partial charge on any atom is -0.466 e. The molecule has 1 aromatic carbocycles. The number of nitrogens with two attached hydrogens (primary N) is 1. The number of anilines is 1. The van der Waals surface area contributed by atoms with Crippen LogP contribution in [0.1, 0.15) is 18.6 Å². The zero-order chi connectivity index (χ0) is 12.8. The van der Waals surface area contributed by atoms with Crippen molar-refractivity contribution < 1.29 is 19.7 Å². The van der Waals surface area contributed by atoms with Crippen molar-refractivity contribution in [1.82, 2.24) is 0 Å². The van der Waals surface area contributed by atoms with Crippen molar-refractivity contribution in [2.45, 2.75) is 13.0 Å². The van der Waals surface area contributed by atoms with Gasteiger partial charge in [-0.05, 0) is 24.6 Å². The molecule has 0 bridgehead atoms.